The second-order valence-corrected chi connectivity index (χ2v) is 5.78. The highest BCUT2D eigenvalue weighted by atomic mass is 35.5. The van der Waals surface area contributed by atoms with E-state index in [1.165, 1.54) is 0 Å². The van der Waals surface area contributed by atoms with Gasteiger partial charge in [-0.25, -0.2) is 0 Å². The molecule has 0 spiro atoms. The first kappa shape index (κ1) is 22.1. The minimum atomic E-state index is -0.887. The quantitative estimate of drug-likeness (QED) is 0.205. The molecule has 0 aliphatic rings. The monoisotopic (exact) mass is 391 g/mol. The van der Waals surface area contributed by atoms with Crippen molar-refractivity contribution in [1.82, 2.24) is 10.6 Å². The summed E-state index contributed by atoms with van der Waals surface area (Å²) in [6, 6.07) is 9.51. The SMILES string of the molecule is Cl.N=C(N)NCCC[C@H](N)C(=O)NC(=O)c1c(C=O)ccc2ccccc12. The number of nitrogens with two attached hydrogens (primary N) is 2. The van der Waals surface area contributed by atoms with Gasteiger partial charge in [0.1, 0.15) is 0 Å². The zero-order valence-corrected chi connectivity index (χ0v) is 15.3. The highest BCUT2D eigenvalue weighted by Gasteiger charge is 2.20. The zero-order valence-electron chi connectivity index (χ0n) is 14.5. The topological polar surface area (TPSA) is 151 Å². The summed E-state index contributed by atoms with van der Waals surface area (Å²) < 4.78 is 0. The smallest absolute Gasteiger partial charge is 0.259 e. The molecular formula is C18H22ClN5O3. The third kappa shape index (κ3) is 5.77. The third-order valence-electron chi connectivity index (χ3n) is 3.90. The number of fused-ring (bicyclic) bond motifs is 1. The summed E-state index contributed by atoms with van der Waals surface area (Å²) in [6.45, 7) is 0.406. The first-order valence-corrected chi connectivity index (χ1v) is 8.09. The number of hydrogen-bond acceptors (Lipinski definition) is 5. The van der Waals surface area contributed by atoms with Crippen molar-refractivity contribution in [3.8, 4) is 0 Å². The number of aldehydes is 1. The normalized spacial score (nSPS) is 11.1. The lowest BCUT2D eigenvalue weighted by atomic mass is 9.98. The van der Waals surface area contributed by atoms with Crippen molar-refractivity contribution in [3.63, 3.8) is 0 Å². The van der Waals surface area contributed by atoms with Gasteiger partial charge in [0.05, 0.1) is 11.6 Å². The summed E-state index contributed by atoms with van der Waals surface area (Å²) in [6.07, 6.45) is 1.41. The number of benzene rings is 2. The minimum Gasteiger partial charge on any atom is -0.370 e. The van der Waals surface area contributed by atoms with E-state index in [4.69, 9.17) is 16.9 Å². The van der Waals surface area contributed by atoms with Gasteiger partial charge in [-0.15, -0.1) is 12.4 Å². The molecule has 0 heterocycles. The van der Waals surface area contributed by atoms with E-state index in [0.29, 0.717) is 31.1 Å². The van der Waals surface area contributed by atoms with Crippen molar-refractivity contribution in [2.75, 3.05) is 6.54 Å². The maximum absolute atomic E-state index is 12.6. The summed E-state index contributed by atoms with van der Waals surface area (Å²) in [5.41, 5.74) is 11.3. The van der Waals surface area contributed by atoms with E-state index in [0.717, 1.165) is 5.39 Å². The molecule has 0 radical (unpaired) electrons. The van der Waals surface area contributed by atoms with E-state index in [2.05, 4.69) is 10.6 Å². The second kappa shape index (κ2) is 10.2. The maximum Gasteiger partial charge on any atom is 0.259 e. The number of amides is 2. The van der Waals surface area contributed by atoms with Gasteiger partial charge in [0.25, 0.3) is 5.91 Å². The Labute approximate surface area is 162 Å². The molecular weight excluding hydrogens is 370 g/mol. The van der Waals surface area contributed by atoms with E-state index in [-0.39, 0.29) is 29.5 Å². The van der Waals surface area contributed by atoms with Gasteiger partial charge in [0.2, 0.25) is 5.91 Å². The Hall–Kier alpha value is -2.97. The summed E-state index contributed by atoms with van der Waals surface area (Å²) >= 11 is 0. The molecule has 2 rings (SSSR count). The van der Waals surface area contributed by atoms with Crippen LogP contribution in [0.3, 0.4) is 0 Å². The molecule has 0 unspecified atom stereocenters. The van der Waals surface area contributed by atoms with Crippen LogP contribution >= 0.6 is 12.4 Å². The van der Waals surface area contributed by atoms with Crippen LogP contribution in [0.4, 0.5) is 0 Å². The van der Waals surface area contributed by atoms with Crippen LogP contribution in [0, 0.1) is 5.41 Å². The molecule has 2 aromatic rings. The molecule has 0 aliphatic heterocycles. The van der Waals surface area contributed by atoms with E-state index < -0.39 is 17.9 Å². The number of carbonyl (C=O) groups excluding carboxylic acids is 3. The van der Waals surface area contributed by atoms with Gasteiger partial charge in [-0.1, -0.05) is 36.4 Å². The molecule has 0 aromatic heterocycles. The predicted octanol–water partition coefficient (Wildman–Crippen LogP) is 0.921. The van der Waals surface area contributed by atoms with Gasteiger partial charge in [-0.3, -0.25) is 25.1 Å². The van der Waals surface area contributed by atoms with Crippen LogP contribution in [-0.2, 0) is 4.79 Å². The zero-order chi connectivity index (χ0) is 19.1. The molecule has 2 amide bonds. The van der Waals surface area contributed by atoms with Gasteiger partial charge in [0.15, 0.2) is 12.2 Å². The molecule has 7 N–H and O–H groups in total. The Morgan fingerprint density at radius 2 is 1.89 bits per heavy atom. The molecule has 0 saturated heterocycles. The van der Waals surface area contributed by atoms with Crippen LogP contribution in [0.2, 0.25) is 0 Å². The molecule has 9 heteroatoms. The maximum atomic E-state index is 12.6. The fourth-order valence-electron chi connectivity index (χ4n) is 2.58. The fourth-order valence-corrected chi connectivity index (χ4v) is 2.58. The lowest BCUT2D eigenvalue weighted by Crippen LogP contribution is -2.44. The van der Waals surface area contributed by atoms with Crippen LogP contribution in [0.15, 0.2) is 36.4 Å². The van der Waals surface area contributed by atoms with E-state index in [1.54, 1.807) is 24.3 Å². The van der Waals surface area contributed by atoms with Gasteiger partial charge < -0.3 is 16.8 Å². The number of halogens is 1. The number of imide groups is 1. The van der Waals surface area contributed by atoms with E-state index in [1.807, 2.05) is 12.1 Å². The molecule has 0 aliphatic carbocycles. The third-order valence-corrected chi connectivity index (χ3v) is 3.90. The van der Waals surface area contributed by atoms with Gasteiger partial charge in [0, 0.05) is 12.1 Å². The van der Waals surface area contributed by atoms with Crippen LogP contribution in [0.5, 0.6) is 0 Å². The molecule has 0 fully saturated rings. The predicted molar refractivity (Wildman–Crippen MR) is 106 cm³/mol. The van der Waals surface area contributed by atoms with Crippen molar-refractivity contribution < 1.29 is 14.4 Å². The molecule has 8 nitrogen and oxygen atoms in total. The Bertz CT molecular complexity index is 856. The summed E-state index contributed by atoms with van der Waals surface area (Å²) in [7, 11) is 0. The Balaban J connectivity index is 0.00000364. The van der Waals surface area contributed by atoms with Crippen molar-refractivity contribution in [3.05, 3.63) is 47.5 Å². The molecule has 144 valence electrons. The number of guanidine groups is 1. The summed E-state index contributed by atoms with van der Waals surface area (Å²) in [5, 5.41) is 13.3. The van der Waals surface area contributed by atoms with Crippen molar-refractivity contribution >= 4 is 47.2 Å². The van der Waals surface area contributed by atoms with Crippen molar-refractivity contribution in [2.24, 2.45) is 11.5 Å². The molecule has 0 bridgehead atoms. The highest BCUT2D eigenvalue weighted by Crippen LogP contribution is 2.21. The Morgan fingerprint density at radius 1 is 1.19 bits per heavy atom. The number of rotatable bonds is 7. The Morgan fingerprint density at radius 3 is 2.56 bits per heavy atom. The van der Waals surface area contributed by atoms with Gasteiger partial charge in [-0.2, -0.15) is 0 Å². The van der Waals surface area contributed by atoms with Crippen molar-refractivity contribution in [2.45, 2.75) is 18.9 Å². The van der Waals surface area contributed by atoms with Gasteiger partial charge >= 0.3 is 0 Å². The van der Waals surface area contributed by atoms with Gasteiger partial charge in [-0.05, 0) is 23.6 Å². The first-order chi connectivity index (χ1) is 12.4. The van der Waals surface area contributed by atoms with Crippen LogP contribution in [0.25, 0.3) is 10.8 Å². The molecule has 2 aromatic carbocycles. The second-order valence-electron chi connectivity index (χ2n) is 5.78. The standard InChI is InChI=1S/C18H21N5O3.ClH/c19-14(6-3-9-22-18(20)21)16(25)23-17(26)15-12(10-24)8-7-11-4-1-2-5-13(11)15;/h1-2,4-5,7-8,10,14H,3,6,9,19H2,(H4,20,21,22)(H,23,25,26);1H/t14-;/m0./s1. The number of hydrogen-bond donors (Lipinski definition) is 5. The summed E-state index contributed by atoms with van der Waals surface area (Å²) in [4.78, 5) is 36.0. The first-order valence-electron chi connectivity index (χ1n) is 8.09. The average molecular weight is 392 g/mol. The largest absolute Gasteiger partial charge is 0.370 e. The number of carbonyl (C=O) groups is 3. The lowest BCUT2D eigenvalue weighted by molar-refractivity contribution is -0.121. The summed E-state index contributed by atoms with van der Waals surface area (Å²) in [5.74, 6) is -1.44. The van der Waals surface area contributed by atoms with Crippen LogP contribution in [-0.4, -0.2) is 36.6 Å². The van der Waals surface area contributed by atoms with E-state index in [9.17, 15) is 14.4 Å². The average Bonchev–Trinajstić information content (AvgIpc) is 2.63. The van der Waals surface area contributed by atoms with Crippen molar-refractivity contribution in [1.29, 1.82) is 5.41 Å². The number of nitrogens with one attached hydrogen (secondary N) is 3. The highest BCUT2D eigenvalue weighted by molar-refractivity contribution is 6.16. The fraction of sp³-hybridized carbons (Fsp3) is 0.222. The van der Waals surface area contributed by atoms with Crippen LogP contribution < -0.4 is 22.1 Å². The molecule has 0 saturated carbocycles. The van der Waals surface area contributed by atoms with E-state index >= 15 is 0 Å². The minimum absolute atomic E-state index is 0. The lowest BCUT2D eigenvalue weighted by Gasteiger charge is -2.13. The molecule has 27 heavy (non-hydrogen) atoms. The Kier molecular flexibility index (Phi) is 8.37. The van der Waals surface area contributed by atoms with Crippen LogP contribution in [0.1, 0.15) is 33.6 Å². The molecule has 1 atom stereocenters.